The second kappa shape index (κ2) is 9.79. The molecule has 0 spiro atoms. The van der Waals surface area contributed by atoms with Gasteiger partial charge in [0.25, 0.3) is 0 Å². The molecule has 5 rings (SSSR count). The van der Waals surface area contributed by atoms with Gasteiger partial charge < -0.3 is 14.2 Å². The van der Waals surface area contributed by atoms with Crippen LogP contribution in [0.2, 0.25) is 0 Å². The minimum atomic E-state index is 0.0313. The summed E-state index contributed by atoms with van der Waals surface area (Å²) in [7, 11) is 0. The number of rotatable bonds is 8. The van der Waals surface area contributed by atoms with E-state index >= 15 is 0 Å². The van der Waals surface area contributed by atoms with Crippen LogP contribution < -0.4 is 9.64 Å². The molecule has 1 amide bonds. The molecular formula is C30H31N3O2. The molecule has 0 saturated carbocycles. The molecule has 1 saturated heterocycles. The Hall–Kier alpha value is -3.86. The number of carbonyl (C=O) groups is 1. The minimum absolute atomic E-state index is 0.0313. The zero-order valence-corrected chi connectivity index (χ0v) is 20.4. The molecule has 0 N–H and O–H groups in total. The lowest BCUT2D eigenvalue weighted by Gasteiger charge is -2.19. The molecule has 1 aromatic heterocycles. The third-order valence-corrected chi connectivity index (χ3v) is 6.60. The summed E-state index contributed by atoms with van der Waals surface area (Å²) in [5.41, 5.74) is 6.45. The number of hydrogen-bond donors (Lipinski definition) is 0. The van der Waals surface area contributed by atoms with E-state index in [2.05, 4.69) is 55.3 Å². The van der Waals surface area contributed by atoms with Crippen LogP contribution >= 0.6 is 0 Å². The van der Waals surface area contributed by atoms with Gasteiger partial charge in [0.1, 0.15) is 18.2 Å². The molecule has 0 aliphatic carbocycles. The molecule has 1 atom stereocenters. The topological polar surface area (TPSA) is 47.4 Å². The quantitative estimate of drug-likeness (QED) is 0.301. The first-order valence-corrected chi connectivity index (χ1v) is 12.2. The van der Waals surface area contributed by atoms with Gasteiger partial charge in [0.05, 0.1) is 17.6 Å². The number of para-hydroxylation sites is 3. The summed E-state index contributed by atoms with van der Waals surface area (Å²) >= 11 is 0. The number of ether oxygens (including phenoxy) is 1. The third kappa shape index (κ3) is 4.72. The second-order valence-corrected chi connectivity index (χ2v) is 9.31. The first-order chi connectivity index (χ1) is 17.0. The smallest absolute Gasteiger partial charge is 0.227 e. The Balaban J connectivity index is 1.40. The van der Waals surface area contributed by atoms with E-state index in [1.165, 1.54) is 0 Å². The van der Waals surface area contributed by atoms with Crippen molar-refractivity contribution in [3.8, 4) is 5.75 Å². The molecule has 178 valence electrons. The van der Waals surface area contributed by atoms with Crippen LogP contribution in [0.1, 0.15) is 34.9 Å². The molecule has 2 heterocycles. The van der Waals surface area contributed by atoms with Gasteiger partial charge in [-0.1, -0.05) is 42.5 Å². The van der Waals surface area contributed by atoms with Gasteiger partial charge >= 0.3 is 0 Å². The summed E-state index contributed by atoms with van der Waals surface area (Å²) < 4.78 is 8.42. The molecule has 1 fully saturated rings. The van der Waals surface area contributed by atoms with Gasteiger partial charge in [-0.3, -0.25) is 4.79 Å². The van der Waals surface area contributed by atoms with Gasteiger partial charge in [0.15, 0.2) is 0 Å². The van der Waals surface area contributed by atoms with Gasteiger partial charge in [0.2, 0.25) is 5.91 Å². The number of nitrogens with zero attached hydrogens (tertiary/aromatic N) is 3. The van der Waals surface area contributed by atoms with Crippen LogP contribution in [0.25, 0.3) is 11.0 Å². The van der Waals surface area contributed by atoms with E-state index < -0.39 is 0 Å². The van der Waals surface area contributed by atoms with Crippen LogP contribution in [0.15, 0.2) is 79.4 Å². The number of aromatic nitrogens is 2. The van der Waals surface area contributed by atoms with Crippen molar-refractivity contribution in [2.75, 3.05) is 18.1 Å². The van der Waals surface area contributed by atoms with Crippen molar-refractivity contribution in [2.45, 2.75) is 39.2 Å². The molecule has 5 nitrogen and oxygen atoms in total. The fourth-order valence-corrected chi connectivity index (χ4v) is 5.09. The van der Waals surface area contributed by atoms with E-state index in [1.54, 1.807) is 0 Å². The highest BCUT2D eigenvalue weighted by Crippen LogP contribution is 2.34. The average Bonchev–Trinajstić information content (AvgIpc) is 3.40. The summed E-state index contributed by atoms with van der Waals surface area (Å²) in [5.74, 6) is 2.02. The minimum Gasteiger partial charge on any atom is -0.491 e. The number of hydrogen-bond acceptors (Lipinski definition) is 3. The lowest BCUT2D eigenvalue weighted by molar-refractivity contribution is -0.117. The van der Waals surface area contributed by atoms with Crippen molar-refractivity contribution in [2.24, 2.45) is 0 Å². The maximum atomic E-state index is 13.1. The van der Waals surface area contributed by atoms with Crippen LogP contribution in [0.4, 0.5) is 5.69 Å². The molecule has 4 aromatic rings. The van der Waals surface area contributed by atoms with Gasteiger partial charge in [-0.15, -0.1) is 6.58 Å². The highest BCUT2D eigenvalue weighted by Gasteiger charge is 2.35. The van der Waals surface area contributed by atoms with Crippen molar-refractivity contribution in [3.05, 3.63) is 102 Å². The molecule has 1 aliphatic rings. The highest BCUT2D eigenvalue weighted by molar-refractivity contribution is 5.96. The number of imidazole rings is 1. The number of aryl methyl sites for hydroxylation is 2. The lowest BCUT2D eigenvalue weighted by Crippen LogP contribution is -2.25. The Morgan fingerprint density at radius 2 is 1.80 bits per heavy atom. The molecule has 3 aromatic carbocycles. The van der Waals surface area contributed by atoms with E-state index in [0.29, 0.717) is 26.1 Å². The molecular weight excluding hydrogens is 434 g/mol. The van der Waals surface area contributed by atoms with E-state index in [9.17, 15) is 4.79 Å². The zero-order valence-electron chi connectivity index (χ0n) is 20.4. The van der Waals surface area contributed by atoms with Crippen molar-refractivity contribution in [1.82, 2.24) is 9.55 Å². The molecule has 1 unspecified atom stereocenters. The predicted octanol–water partition coefficient (Wildman–Crippen LogP) is 5.98. The summed E-state index contributed by atoms with van der Waals surface area (Å²) in [5, 5.41) is 0. The summed E-state index contributed by atoms with van der Waals surface area (Å²) in [6.45, 7) is 9.80. The number of amides is 1. The van der Waals surface area contributed by atoms with Crippen LogP contribution in [-0.2, 0) is 17.8 Å². The van der Waals surface area contributed by atoms with Gasteiger partial charge in [-0.2, -0.15) is 0 Å². The molecule has 0 bridgehead atoms. The Morgan fingerprint density at radius 3 is 2.60 bits per heavy atom. The van der Waals surface area contributed by atoms with Crippen LogP contribution in [-0.4, -0.2) is 28.6 Å². The average molecular weight is 466 g/mol. The number of benzene rings is 3. The SMILES string of the molecule is C=CCc1ccccc1OCCn1c(C2CC(=O)N(c3cc(C)cc(C)c3)C2)nc2ccccc21. The van der Waals surface area contributed by atoms with Crippen molar-refractivity contribution in [3.63, 3.8) is 0 Å². The largest absolute Gasteiger partial charge is 0.491 e. The summed E-state index contributed by atoms with van der Waals surface area (Å²) in [6, 6.07) is 22.6. The molecule has 5 heteroatoms. The zero-order chi connectivity index (χ0) is 24.4. The van der Waals surface area contributed by atoms with Gasteiger partial charge in [0, 0.05) is 24.6 Å². The van der Waals surface area contributed by atoms with Crippen LogP contribution in [0.5, 0.6) is 5.75 Å². The highest BCUT2D eigenvalue weighted by atomic mass is 16.5. The Kier molecular flexibility index (Phi) is 6.41. The fraction of sp³-hybridized carbons (Fsp3) is 0.267. The van der Waals surface area contributed by atoms with Gasteiger partial charge in [-0.25, -0.2) is 4.98 Å². The monoisotopic (exact) mass is 465 g/mol. The molecule has 0 radical (unpaired) electrons. The number of carbonyl (C=O) groups excluding carboxylic acids is 1. The summed E-state index contributed by atoms with van der Waals surface area (Å²) in [4.78, 5) is 20.0. The maximum absolute atomic E-state index is 13.1. The maximum Gasteiger partial charge on any atom is 0.227 e. The van der Waals surface area contributed by atoms with Gasteiger partial charge in [-0.05, 0) is 67.3 Å². The predicted molar refractivity (Wildman–Crippen MR) is 141 cm³/mol. The molecule has 1 aliphatic heterocycles. The number of anilines is 1. The standard InChI is InChI=1S/C30H31N3O2/c1-4-9-23-10-5-8-13-28(23)35-15-14-32-27-12-7-6-11-26(27)31-30(32)24-19-29(34)33(20-24)25-17-21(2)16-22(3)18-25/h4-8,10-13,16-18,24H,1,9,14-15,19-20H2,2-3H3. The van der Waals surface area contributed by atoms with Crippen molar-refractivity contribution in [1.29, 1.82) is 0 Å². The Labute approximate surface area is 206 Å². The van der Waals surface area contributed by atoms with Crippen LogP contribution in [0, 0.1) is 13.8 Å². The van der Waals surface area contributed by atoms with E-state index in [0.717, 1.165) is 51.4 Å². The lowest BCUT2D eigenvalue weighted by atomic mass is 10.1. The van der Waals surface area contributed by atoms with Crippen molar-refractivity contribution >= 4 is 22.6 Å². The second-order valence-electron chi connectivity index (χ2n) is 9.31. The number of fused-ring (bicyclic) bond motifs is 1. The first kappa shape index (κ1) is 22.9. The summed E-state index contributed by atoms with van der Waals surface area (Å²) in [6.07, 6.45) is 3.12. The Morgan fingerprint density at radius 1 is 1.06 bits per heavy atom. The molecule has 35 heavy (non-hydrogen) atoms. The van der Waals surface area contributed by atoms with E-state index in [-0.39, 0.29) is 11.8 Å². The van der Waals surface area contributed by atoms with E-state index in [4.69, 9.17) is 9.72 Å². The Bertz CT molecular complexity index is 1370. The normalized spacial score (nSPS) is 15.7. The number of allylic oxidation sites excluding steroid dienone is 1. The fourth-order valence-electron chi connectivity index (χ4n) is 5.09. The first-order valence-electron chi connectivity index (χ1n) is 12.2. The van der Waals surface area contributed by atoms with Crippen LogP contribution in [0.3, 0.4) is 0 Å². The van der Waals surface area contributed by atoms with Crippen molar-refractivity contribution < 1.29 is 9.53 Å². The van der Waals surface area contributed by atoms with E-state index in [1.807, 2.05) is 47.4 Å². The third-order valence-electron chi connectivity index (χ3n) is 6.60.